The number of nitrogens with zero attached hydrogens (tertiary/aromatic N) is 1. The Morgan fingerprint density at radius 1 is 0.714 bits per heavy atom. The van der Waals surface area contributed by atoms with Crippen LogP contribution in [-0.4, -0.2) is 5.11 Å². The molecule has 0 amide bonds. The molecule has 21 heavy (non-hydrogen) atoms. The predicted molar refractivity (Wildman–Crippen MR) is 85.9 cm³/mol. The van der Waals surface area contributed by atoms with Crippen LogP contribution in [0.25, 0.3) is 0 Å². The van der Waals surface area contributed by atoms with E-state index >= 15 is 0 Å². The molecule has 0 aliphatic carbocycles. The lowest BCUT2D eigenvalue weighted by Crippen LogP contribution is -1.88. The fourth-order valence-electron chi connectivity index (χ4n) is 2.40. The van der Waals surface area contributed by atoms with Gasteiger partial charge in [0.1, 0.15) is 11.4 Å². The van der Waals surface area contributed by atoms with Gasteiger partial charge >= 0.3 is 0 Å². The van der Waals surface area contributed by atoms with Crippen molar-refractivity contribution >= 4 is 5.69 Å². The van der Waals surface area contributed by atoms with Crippen molar-refractivity contribution in [1.29, 1.82) is 0 Å². The number of phenols is 1. The molecule has 2 rings (SSSR count). The summed E-state index contributed by atoms with van der Waals surface area (Å²) in [5, 5.41) is 12.1. The molecular formula is C18H21NO2. The quantitative estimate of drug-likeness (QED) is 0.539. The Morgan fingerprint density at radius 2 is 1.19 bits per heavy atom. The molecule has 0 aromatic heterocycles. The molecule has 2 aromatic rings. The van der Waals surface area contributed by atoms with E-state index in [1.807, 2.05) is 24.3 Å². The molecule has 0 aliphatic heterocycles. The third-order valence-electron chi connectivity index (χ3n) is 3.66. The maximum absolute atomic E-state index is 10.3. The lowest BCUT2D eigenvalue weighted by molar-refractivity contribution is 0.475. The highest BCUT2D eigenvalue weighted by molar-refractivity contribution is 5.38. The highest BCUT2D eigenvalue weighted by Gasteiger charge is 1.97. The summed E-state index contributed by atoms with van der Waals surface area (Å²) in [6, 6.07) is 15.0. The van der Waals surface area contributed by atoms with Gasteiger partial charge in [-0.1, -0.05) is 37.1 Å². The van der Waals surface area contributed by atoms with Crippen molar-refractivity contribution in [3.63, 3.8) is 0 Å². The van der Waals surface area contributed by atoms with E-state index in [1.165, 1.54) is 36.8 Å². The van der Waals surface area contributed by atoms with Gasteiger partial charge in [-0.15, -0.1) is 4.91 Å². The minimum atomic E-state index is 0.328. The van der Waals surface area contributed by atoms with Crippen molar-refractivity contribution in [3.8, 4) is 5.75 Å². The van der Waals surface area contributed by atoms with Crippen molar-refractivity contribution in [2.24, 2.45) is 5.18 Å². The van der Waals surface area contributed by atoms with Gasteiger partial charge in [-0.05, 0) is 66.3 Å². The van der Waals surface area contributed by atoms with E-state index in [4.69, 9.17) is 0 Å². The number of phenolic OH excluding ortho intramolecular Hbond substituents is 1. The van der Waals surface area contributed by atoms with E-state index in [9.17, 15) is 10.0 Å². The molecule has 0 atom stereocenters. The summed E-state index contributed by atoms with van der Waals surface area (Å²) >= 11 is 0. The first-order chi connectivity index (χ1) is 10.3. The molecule has 0 spiro atoms. The number of unbranched alkanes of at least 4 members (excludes halogenated alkanes) is 3. The second-order valence-electron chi connectivity index (χ2n) is 5.34. The van der Waals surface area contributed by atoms with E-state index in [0.29, 0.717) is 11.4 Å². The molecular weight excluding hydrogens is 262 g/mol. The molecule has 0 saturated carbocycles. The first-order valence-corrected chi connectivity index (χ1v) is 7.48. The molecule has 0 bridgehead atoms. The summed E-state index contributed by atoms with van der Waals surface area (Å²) in [6.45, 7) is 0. The monoisotopic (exact) mass is 283 g/mol. The zero-order chi connectivity index (χ0) is 14.9. The van der Waals surface area contributed by atoms with Gasteiger partial charge in [0.05, 0.1) is 0 Å². The van der Waals surface area contributed by atoms with Crippen LogP contribution in [0.4, 0.5) is 5.69 Å². The fraction of sp³-hybridized carbons (Fsp3) is 0.333. The summed E-state index contributed by atoms with van der Waals surface area (Å²) in [6.07, 6.45) is 6.90. The van der Waals surface area contributed by atoms with Gasteiger partial charge in [-0.2, -0.15) is 0 Å². The molecule has 0 fully saturated rings. The first kappa shape index (κ1) is 15.2. The summed E-state index contributed by atoms with van der Waals surface area (Å²) in [7, 11) is 0. The minimum absolute atomic E-state index is 0.328. The summed E-state index contributed by atoms with van der Waals surface area (Å²) < 4.78 is 0. The topological polar surface area (TPSA) is 49.7 Å². The van der Waals surface area contributed by atoms with Crippen molar-refractivity contribution in [2.45, 2.75) is 38.5 Å². The van der Waals surface area contributed by atoms with E-state index in [1.54, 1.807) is 24.3 Å². The Morgan fingerprint density at radius 3 is 1.67 bits per heavy atom. The largest absolute Gasteiger partial charge is 0.508 e. The maximum atomic E-state index is 10.3. The molecule has 0 heterocycles. The van der Waals surface area contributed by atoms with Crippen molar-refractivity contribution in [3.05, 3.63) is 64.6 Å². The number of hydrogen-bond acceptors (Lipinski definition) is 3. The Labute approximate surface area is 125 Å². The maximum Gasteiger partial charge on any atom is 0.115 e. The third kappa shape index (κ3) is 5.38. The lowest BCUT2D eigenvalue weighted by atomic mass is 10.0. The predicted octanol–water partition coefficient (Wildman–Crippen LogP) is 5.14. The number of rotatable bonds is 8. The number of aryl methyl sites for hydroxylation is 2. The number of nitroso groups, excluding NO2 is 1. The molecule has 0 radical (unpaired) electrons. The number of aromatic hydroxyl groups is 1. The van der Waals surface area contributed by atoms with Crippen LogP contribution in [0.3, 0.4) is 0 Å². The standard InChI is InChI=1S/C18H21NO2/c20-18-13-9-16(10-14-18)6-4-2-1-3-5-15-7-11-17(19-21)12-8-15/h7-14,20H,1-6H2. The average Bonchev–Trinajstić information content (AvgIpc) is 2.53. The van der Waals surface area contributed by atoms with Crippen LogP contribution in [0.1, 0.15) is 36.8 Å². The van der Waals surface area contributed by atoms with E-state index < -0.39 is 0 Å². The van der Waals surface area contributed by atoms with Gasteiger partial charge in [0, 0.05) is 0 Å². The molecule has 0 unspecified atom stereocenters. The van der Waals surface area contributed by atoms with Crippen LogP contribution in [0.15, 0.2) is 53.7 Å². The van der Waals surface area contributed by atoms with E-state index in [2.05, 4.69) is 5.18 Å². The van der Waals surface area contributed by atoms with Gasteiger partial charge < -0.3 is 5.11 Å². The molecule has 3 heteroatoms. The second kappa shape index (κ2) is 8.20. The molecule has 3 nitrogen and oxygen atoms in total. The van der Waals surface area contributed by atoms with Gasteiger partial charge in [0.25, 0.3) is 0 Å². The van der Waals surface area contributed by atoms with E-state index in [-0.39, 0.29) is 0 Å². The Kier molecular flexibility index (Phi) is 5.95. The summed E-state index contributed by atoms with van der Waals surface area (Å²) in [5.41, 5.74) is 3.04. The Hall–Kier alpha value is -2.16. The summed E-state index contributed by atoms with van der Waals surface area (Å²) in [5.74, 6) is 0.328. The molecule has 0 aliphatic rings. The van der Waals surface area contributed by atoms with Crippen LogP contribution in [0.5, 0.6) is 5.75 Å². The van der Waals surface area contributed by atoms with Gasteiger partial charge in [-0.3, -0.25) is 0 Å². The van der Waals surface area contributed by atoms with Crippen LogP contribution < -0.4 is 0 Å². The smallest absolute Gasteiger partial charge is 0.115 e. The van der Waals surface area contributed by atoms with Gasteiger partial charge in [0.2, 0.25) is 0 Å². The van der Waals surface area contributed by atoms with Crippen LogP contribution in [-0.2, 0) is 12.8 Å². The first-order valence-electron chi connectivity index (χ1n) is 7.48. The van der Waals surface area contributed by atoms with Crippen LogP contribution in [0.2, 0.25) is 0 Å². The number of hydrogen-bond donors (Lipinski definition) is 1. The zero-order valence-corrected chi connectivity index (χ0v) is 12.2. The highest BCUT2D eigenvalue weighted by Crippen LogP contribution is 2.16. The molecule has 2 aromatic carbocycles. The van der Waals surface area contributed by atoms with Crippen molar-refractivity contribution in [1.82, 2.24) is 0 Å². The van der Waals surface area contributed by atoms with Crippen molar-refractivity contribution < 1.29 is 5.11 Å². The van der Waals surface area contributed by atoms with Crippen LogP contribution >= 0.6 is 0 Å². The Balaban J connectivity index is 1.59. The second-order valence-corrected chi connectivity index (χ2v) is 5.34. The van der Waals surface area contributed by atoms with E-state index in [0.717, 1.165) is 12.8 Å². The summed E-state index contributed by atoms with van der Waals surface area (Å²) in [4.78, 5) is 10.3. The third-order valence-corrected chi connectivity index (χ3v) is 3.66. The SMILES string of the molecule is O=Nc1ccc(CCCCCCc2ccc(O)cc2)cc1. The molecule has 0 saturated heterocycles. The van der Waals surface area contributed by atoms with Crippen LogP contribution in [0, 0.1) is 4.91 Å². The average molecular weight is 283 g/mol. The minimum Gasteiger partial charge on any atom is -0.508 e. The zero-order valence-electron chi connectivity index (χ0n) is 12.2. The highest BCUT2D eigenvalue weighted by atomic mass is 16.3. The Bertz CT molecular complexity index is 546. The van der Waals surface area contributed by atoms with Gasteiger partial charge in [0.15, 0.2) is 0 Å². The number of benzene rings is 2. The van der Waals surface area contributed by atoms with Gasteiger partial charge in [-0.25, -0.2) is 0 Å². The lowest BCUT2D eigenvalue weighted by Gasteiger charge is -2.03. The fourth-order valence-corrected chi connectivity index (χ4v) is 2.40. The normalized spacial score (nSPS) is 10.5. The molecule has 1 N–H and O–H groups in total. The molecule has 110 valence electrons. The van der Waals surface area contributed by atoms with Crippen molar-refractivity contribution in [2.75, 3.05) is 0 Å².